The average Bonchev–Trinajstić information content (AvgIpc) is 2.80. The Kier molecular flexibility index (Phi) is 8.24. The largest absolute Gasteiger partial charge is 0.378 e. The van der Waals surface area contributed by atoms with E-state index < -0.39 is 17.3 Å². The normalized spacial score (nSPS) is 23.8. The van der Waals surface area contributed by atoms with Gasteiger partial charge in [0.1, 0.15) is 5.82 Å². The fraction of sp³-hybridized carbons (Fsp3) is 0.360. The van der Waals surface area contributed by atoms with Gasteiger partial charge >= 0.3 is 0 Å². The number of guanidine groups is 1. The van der Waals surface area contributed by atoms with Gasteiger partial charge in [0.15, 0.2) is 5.96 Å². The number of halogens is 3. The summed E-state index contributed by atoms with van der Waals surface area (Å²) in [4.78, 5) is 27.4. The number of benzene rings is 2. The lowest BCUT2D eigenvalue weighted by atomic mass is 9.85. The Bertz CT molecular complexity index is 1230. The van der Waals surface area contributed by atoms with Crippen LogP contribution in [0.4, 0.5) is 10.1 Å². The molecule has 2 saturated heterocycles. The number of carbonyl (C=O) groups is 2. The summed E-state index contributed by atoms with van der Waals surface area (Å²) in [6, 6.07) is 10.2. The van der Waals surface area contributed by atoms with Crippen LogP contribution in [0.3, 0.4) is 0 Å². The molecule has 2 aliphatic heterocycles. The molecule has 0 bridgehead atoms. The zero-order valence-electron chi connectivity index (χ0n) is 19.7. The first-order chi connectivity index (χ1) is 16.6. The van der Waals surface area contributed by atoms with Crippen molar-refractivity contribution >= 4 is 47.5 Å². The number of nitrogens with one attached hydrogen (secondary N) is 3. The van der Waals surface area contributed by atoms with Crippen molar-refractivity contribution in [2.45, 2.75) is 50.8 Å². The third kappa shape index (κ3) is 5.31. The summed E-state index contributed by atoms with van der Waals surface area (Å²) in [5.74, 6) is -1.74. The Morgan fingerprint density at radius 2 is 2.14 bits per heavy atom. The van der Waals surface area contributed by atoms with E-state index in [9.17, 15) is 14.0 Å². The molecule has 3 N–H and O–H groups in total. The van der Waals surface area contributed by atoms with Crippen molar-refractivity contribution in [2.24, 2.45) is 0 Å². The molecule has 36 heavy (non-hydrogen) atoms. The molecule has 8 nitrogen and oxygen atoms in total. The molecular weight excluding hydrogens is 508 g/mol. The summed E-state index contributed by atoms with van der Waals surface area (Å²) < 4.78 is 19.8. The lowest BCUT2D eigenvalue weighted by Crippen LogP contribution is -2.63. The van der Waals surface area contributed by atoms with Crippen molar-refractivity contribution in [1.29, 1.82) is 10.7 Å². The van der Waals surface area contributed by atoms with Gasteiger partial charge in [0.05, 0.1) is 46.0 Å². The molecule has 0 saturated carbocycles. The molecule has 190 valence electrons. The highest BCUT2D eigenvalue weighted by atomic mass is 35.5. The van der Waals surface area contributed by atoms with Gasteiger partial charge in [-0.05, 0) is 56.5 Å². The lowest BCUT2D eigenvalue weighted by molar-refractivity contribution is -0.134. The van der Waals surface area contributed by atoms with Crippen LogP contribution in [0, 0.1) is 22.6 Å². The minimum Gasteiger partial charge on any atom is -0.378 e. The molecule has 2 amide bonds. The second-order valence-electron chi connectivity index (χ2n) is 9.03. The third-order valence-corrected chi connectivity index (χ3v) is 6.82. The van der Waals surface area contributed by atoms with Crippen LogP contribution in [0.5, 0.6) is 0 Å². The summed E-state index contributed by atoms with van der Waals surface area (Å²) >= 11 is 6.65. The standard InChI is InChI=1S/C25H25ClFN5O3.ClH/c1-14-10-16(8-9-35-14)32-21(33)12-25(2,31-24(32)29)18-4-3-5-20(22(18)26)30-23(34)17-11-15(13-28)6-7-19(17)27;/h3-7,11,14,16H,8-10,12H2,1-2H3,(H2,29,31)(H,30,34);1H/t14-,16-,25+;/m1./s1. The van der Waals surface area contributed by atoms with Crippen molar-refractivity contribution < 1.29 is 18.7 Å². The van der Waals surface area contributed by atoms with Crippen LogP contribution in [-0.2, 0) is 15.1 Å². The maximum Gasteiger partial charge on any atom is 0.258 e. The molecule has 4 rings (SSSR count). The smallest absolute Gasteiger partial charge is 0.258 e. The maximum atomic E-state index is 14.2. The molecule has 0 spiro atoms. The van der Waals surface area contributed by atoms with Gasteiger partial charge < -0.3 is 15.4 Å². The number of anilines is 1. The molecule has 2 fully saturated rings. The second kappa shape index (κ2) is 10.8. The molecule has 0 aromatic heterocycles. The zero-order valence-corrected chi connectivity index (χ0v) is 21.3. The number of amides is 2. The van der Waals surface area contributed by atoms with Gasteiger partial charge in [-0.1, -0.05) is 23.7 Å². The van der Waals surface area contributed by atoms with E-state index in [-0.39, 0.29) is 64.7 Å². The van der Waals surface area contributed by atoms with Crippen LogP contribution in [0.25, 0.3) is 0 Å². The number of rotatable bonds is 4. The van der Waals surface area contributed by atoms with Gasteiger partial charge in [-0.15, -0.1) is 12.4 Å². The second-order valence-corrected chi connectivity index (χ2v) is 9.41. The van der Waals surface area contributed by atoms with Crippen LogP contribution >= 0.6 is 24.0 Å². The Morgan fingerprint density at radius 3 is 2.81 bits per heavy atom. The number of ether oxygens (including phenoxy) is 1. The zero-order chi connectivity index (χ0) is 25.3. The summed E-state index contributed by atoms with van der Waals surface area (Å²) in [5.41, 5.74) is -0.396. The molecule has 0 aliphatic carbocycles. The summed E-state index contributed by atoms with van der Waals surface area (Å²) in [5, 5.41) is 23.5. The predicted molar refractivity (Wildman–Crippen MR) is 136 cm³/mol. The quantitative estimate of drug-likeness (QED) is 0.532. The maximum absolute atomic E-state index is 14.2. The van der Waals surface area contributed by atoms with Crippen molar-refractivity contribution in [3.05, 3.63) is 63.9 Å². The summed E-state index contributed by atoms with van der Waals surface area (Å²) in [6.07, 6.45) is 1.37. The fourth-order valence-corrected chi connectivity index (χ4v) is 5.03. The topological polar surface area (TPSA) is 118 Å². The number of nitriles is 1. The van der Waals surface area contributed by atoms with Crippen LogP contribution in [0.15, 0.2) is 36.4 Å². The van der Waals surface area contributed by atoms with Gasteiger partial charge in [-0.2, -0.15) is 5.26 Å². The lowest BCUT2D eigenvalue weighted by Gasteiger charge is -2.45. The molecule has 2 aromatic rings. The first-order valence-corrected chi connectivity index (χ1v) is 11.6. The Balaban J connectivity index is 0.00000361. The minimum atomic E-state index is -0.995. The van der Waals surface area contributed by atoms with Gasteiger partial charge in [0.25, 0.3) is 5.91 Å². The van der Waals surface area contributed by atoms with Crippen LogP contribution in [0.2, 0.25) is 5.02 Å². The van der Waals surface area contributed by atoms with Crippen LogP contribution in [-0.4, -0.2) is 41.4 Å². The first kappa shape index (κ1) is 27.4. The summed E-state index contributed by atoms with van der Waals surface area (Å²) in [7, 11) is 0. The Morgan fingerprint density at radius 1 is 1.39 bits per heavy atom. The first-order valence-electron chi connectivity index (χ1n) is 11.2. The van der Waals surface area contributed by atoms with Crippen molar-refractivity contribution in [3.63, 3.8) is 0 Å². The number of hydrogen-bond acceptors (Lipinski definition) is 5. The number of hydrogen-bond donors (Lipinski definition) is 3. The molecule has 2 aromatic carbocycles. The van der Waals surface area contributed by atoms with Crippen molar-refractivity contribution in [1.82, 2.24) is 10.2 Å². The fourth-order valence-electron chi connectivity index (χ4n) is 4.65. The molecule has 11 heteroatoms. The van der Waals surface area contributed by atoms with Crippen LogP contribution in [0.1, 0.15) is 54.6 Å². The Hall–Kier alpha value is -3.19. The van der Waals surface area contributed by atoms with E-state index >= 15 is 0 Å². The van der Waals surface area contributed by atoms with Crippen molar-refractivity contribution in [2.75, 3.05) is 11.9 Å². The predicted octanol–water partition coefficient (Wildman–Crippen LogP) is 4.56. The Labute approximate surface area is 219 Å². The number of nitrogens with zero attached hydrogens (tertiary/aromatic N) is 2. The molecule has 0 unspecified atom stereocenters. The van der Waals surface area contributed by atoms with Gasteiger partial charge in [-0.3, -0.25) is 19.9 Å². The van der Waals surface area contributed by atoms with E-state index in [0.717, 1.165) is 12.1 Å². The van der Waals surface area contributed by atoms with Gasteiger partial charge in [-0.25, -0.2) is 4.39 Å². The molecule has 2 aliphatic rings. The summed E-state index contributed by atoms with van der Waals surface area (Å²) in [6.45, 7) is 4.25. The van der Waals surface area contributed by atoms with E-state index in [4.69, 9.17) is 27.0 Å². The number of carbonyl (C=O) groups excluding carboxylic acids is 2. The average molecular weight is 534 g/mol. The molecule has 3 atom stereocenters. The van der Waals surface area contributed by atoms with E-state index in [0.29, 0.717) is 25.0 Å². The highest BCUT2D eigenvalue weighted by Gasteiger charge is 2.43. The van der Waals surface area contributed by atoms with E-state index in [1.807, 2.05) is 13.0 Å². The van der Waals surface area contributed by atoms with Gasteiger partial charge in [0.2, 0.25) is 5.91 Å². The third-order valence-electron chi connectivity index (χ3n) is 6.41. The highest BCUT2D eigenvalue weighted by Crippen LogP contribution is 2.38. The van der Waals surface area contributed by atoms with E-state index in [2.05, 4.69) is 10.6 Å². The van der Waals surface area contributed by atoms with Gasteiger partial charge in [0, 0.05) is 12.6 Å². The monoisotopic (exact) mass is 533 g/mol. The highest BCUT2D eigenvalue weighted by molar-refractivity contribution is 6.35. The van der Waals surface area contributed by atoms with E-state index in [1.54, 1.807) is 25.1 Å². The SMILES string of the molecule is C[C@@H]1C[C@H](N2C(=N)N[C@](C)(c3cccc(NC(=O)c4cc(C#N)ccc4F)c3Cl)CC2=O)CCO1.Cl. The minimum absolute atomic E-state index is 0. The van der Waals surface area contributed by atoms with Crippen molar-refractivity contribution in [3.8, 4) is 6.07 Å². The molecule has 0 radical (unpaired) electrons. The van der Waals surface area contributed by atoms with E-state index in [1.165, 1.54) is 11.0 Å². The van der Waals surface area contributed by atoms with Crippen LogP contribution < -0.4 is 10.6 Å². The molecular formula is C25H26Cl2FN5O3. The molecule has 2 heterocycles.